The Bertz CT molecular complexity index is 587. The Hall–Kier alpha value is -2.14. The van der Waals surface area contributed by atoms with Crippen molar-refractivity contribution in [2.75, 3.05) is 19.0 Å². The number of benzene rings is 1. The van der Waals surface area contributed by atoms with E-state index in [-0.39, 0.29) is 0 Å². The van der Waals surface area contributed by atoms with E-state index in [2.05, 4.69) is 27.4 Å². The van der Waals surface area contributed by atoms with Crippen molar-refractivity contribution < 1.29 is 9.47 Å². The third-order valence-electron chi connectivity index (χ3n) is 3.06. The summed E-state index contributed by atoms with van der Waals surface area (Å²) in [5, 5.41) is 3.24. The smallest absolute Gasteiger partial charge is 0.226 e. The normalized spacial score (nSPS) is 10.4. The molecule has 0 radical (unpaired) electrons. The number of nitrogens with one attached hydrogen (secondary N) is 1. The number of ether oxygens (including phenoxy) is 2. The molecule has 0 aliphatic rings. The fourth-order valence-corrected chi connectivity index (χ4v) is 1.98. The van der Waals surface area contributed by atoms with Crippen LogP contribution in [-0.2, 0) is 17.9 Å². The van der Waals surface area contributed by atoms with Crippen LogP contribution >= 0.6 is 0 Å². The molecule has 5 nitrogen and oxygen atoms in total. The topological polar surface area (TPSA) is 56.3 Å². The van der Waals surface area contributed by atoms with Crippen LogP contribution in [-0.4, -0.2) is 23.7 Å². The first-order valence-corrected chi connectivity index (χ1v) is 7.01. The SMILES string of the molecule is CCOCc1ccccc1CNc1nc(C)cc(OC)n1. The lowest BCUT2D eigenvalue weighted by molar-refractivity contribution is 0.133. The Morgan fingerprint density at radius 1 is 1.14 bits per heavy atom. The van der Waals surface area contributed by atoms with Crippen molar-refractivity contribution in [2.45, 2.75) is 27.0 Å². The Labute approximate surface area is 125 Å². The predicted octanol–water partition coefficient (Wildman–Crippen LogP) is 2.94. The summed E-state index contributed by atoms with van der Waals surface area (Å²) in [4.78, 5) is 8.64. The third-order valence-corrected chi connectivity index (χ3v) is 3.06. The summed E-state index contributed by atoms with van der Waals surface area (Å²) in [5.41, 5.74) is 3.22. The molecule has 1 aromatic heterocycles. The number of nitrogens with zero attached hydrogens (tertiary/aromatic N) is 2. The number of aryl methyl sites for hydroxylation is 1. The van der Waals surface area contributed by atoms with Gasteiger partial charge in [0.15, 0.2) is 0 Å². The number of aromatic nitrogens is 2. The van der Waals surface area contributed by atoms with Crippen molar-refractivity contribution in [3.8, 4) is 5.88 Å². The van der Waals surface area contributed by atoms with Gasteiger partial charge in [-0.3, -0.25) is 0 Å². The second kappa shape index (κ2) is 7.59. The molecule has 0 spiro atoms. The van der Waals surface area contributed by atoms with Gasteiger partial charge >= 0.3 is 0 Å². The van der Waals surface area contributed by atoms with Gasteiger partial charge in [0.2, 0.25) is 11.8 Å². The maximum Gasteiger partial charge on any atom is 0.226 e. The van der Waals surface area contributed by atoms with Crippen LogP contribution in [0.4, 0.5) is 5.95 Å². The minimum atomic E-state index is 0.563. The van der Waals surface area contributed by atoms with Crippen LogP contribution in [0.3, 0.4) is 0 Å². The van der Waals surface area contributed by atoms with Crippen LogP contribution in [0.5, 0.6) is 5.88 Å². The number of anilines is 1. The third kappa shape index (κ3) is 4.43. The largest absolute Gasteiger partial charge is 0.481 e. The quantitative estimate of drug-likeness (QED) is 0.848. The van der Waals surface area contributed by atoms with Crippen LogP contribution in [0.1, 0.15) is 23.7 Å². The second-order valence-corrected chi connectivity index (χ2v) is 4.63. The first-order chi connectivity index (χ1) is 10.2. The molecule has 2 aromatic rings. The van der Waals surface area contributed by atoms with Crippen LogP contribution in [0.25, 0.3) is 0 Å². The fraction of sp³-hybridized carbons (Fsp3) is 0.375. The van der Waals surface area contributed by atoms with E-state index in [4.69, 9.17) is 9.47 Å². The van der Waals surface area contributed by atoms with Gasteiger partial charge in [-0.05, 0) is 25.0 Å². The summed E-state index contributed by atoms with van der Waals surface area (Å²) in [5.74, 6) is 1.13. The van der Waals surface area contributed by atoms with Crippen LogP contribution < -0.4 is 10.1 Å². The van der Waals surface area contributed by atoms with Crippen molar-refractivity contribution in [1.29, 1.82) is 0 Å². The molecule has 21 heavy (non-hydrogen) atoms. The first kappa shape index (κ1) is 15.3. The highest BCUT2D eigenvalue weighted by atomic mass is 16.5. The minimum absolute atomic E-state index is 0.563. The zero-order valence-corrected chi connectivity index (χ0v) is 12.7. The van der Waals surface area contributed by atoms with E-state index in [1.54, 1.807) is 13.2 Å². The van der Waals surface area contributed by atoms with E-state index >= 15 is 0 Å². The summed E-state index contributed by atoms with van der Waals surface area (Å²) in [6, 6.07) is 9.99. The van der Waals surface area contributed by atoms with E-state index in [0.717, 1.165) is 5.69 Å². The molecule has 1 aromatic carbocycles. The van der Waals surface area contributed by atoms with E-state index in [0.29, 0.717) is 31.6 Å². The van der Waals surface area contributed by atoms with E-state index in [1.165, 1.54) is 11.1 Å². The number of hydrogen-bond donors (Lipinski definition) is 1. The van der Waals surface area contributed by atoms with Crippen LogP contribution in [0.2, 0.25) is 0 Å². The summed E-state index contributed by atoms with van der Waals surface area (Å²) >= 11 is 0. The maximum atomic E-state index is 5.49. The Kier molecular flexibility index (Phi) is 5.51. The molecule has 5 heteroatoms. The molecule has 0 amide bonds. The van der Waals surface area contributed by atoms with E-state index < -0.39 is 0 Å². The zero-order chi connectivity index (χ0) is 15.1. The molecule has 2 rings (SSSR count). The van der Waals surface area contributed by atoms with Gasteiger partial charge in [0.25, 0.3) is 0 Å². The van der Waals surface area contributed by atoms with Gasteiger partial charge < -0.3 is 14.8 Å². The predicted molar refractivity (Wildman–Crippen MR) is 82.4 cm³/mol. The Morgan fingerprint density at radius 3 is 2.62 bits per heavy atom. The lowest BCUT2D eigenvalue weighted by atomic mass is 10.1. The summed E-state index contributed by atoms with van der Waals surface area (Å²) < 4.78 is 10.6. The number of hydrogen-bond acceptors (Lipinski definition) is 5. The first-order valence-electron chi connectivity index (χ1n) is 7.01. The van der Waals surface area contributed by atoms with Crippen molar-refractivity contribution in [2.24, 2.45) is 0 Å². The van der Waals surface area contributed by atoms with E-state index in [9.17, 15) is 0 Å². The zero-order valence-electron chi connectivity index (χ0n) is 12.7. The molecule has 0 aliphatic carbocycles. The molecule has 0 bridgehead atoms. The second-order valence-electron chi connectivity index (χ2n) is 4.63. The standard InChI is InChI=1S/C16H21N3O2/c1-4-21-11-14-8-6-5-7-13(14)10-17-16-18-12(2)9-15(19-16)20-3/h5-9H,4,10-11H2,1-3H3,(H,17,18,19). The number of rotatable bonds is 7. The minimum Gasteiger partial charge on any atom is -0.481 e. The molecule has 0 saturated heterocycles. The van der Waals surface area contributed by atoms with Crippen molar-refractivity contribution in [3.05, 3.63) is 47.2 Å². The molecule has 1 N–H and O–H groups in total. The molecule has 1 heterocycles. The molecule has 0 saturated carbocycles. The van der Waals surface area contributed by atoms with Crippen molar-refractivity contribution >= 4 is 5.95 Å². The van der Waals surface area contributed by atoms with Gasteiger partial charge in [0.05, 0.1) is 13.7 Å². The average Bonchev–Trinajstić information content (AvgIpc) is 2.51. The molecule has 0 fully saturated rings. The Morgan fingerprint density at radius 2 is 1.90 bits per heavy atom. The molecular weight excluding hydrogens is 266 g/mol. The lowest BCUT2D eigenvalue weighted by Crippen LogP contribution is -2.08. The van der Waals surface area contributed by atoms with Gasteiger partial charge in [-0.25, -0.2) is 4.98 Å². The van der Waals surface area contributed by atoms with Gasteiger partial charge in [-0.2, -0.15) is 4.98 Å². The highest BCUT2D eigenvalue weighted by molar-refractivity contribution is 5.34. The fourth-order valence-electron chi connectivity index (χ4n) is 1.98. The average molecular weight is 287 g/mol. The van der Waals surface area contributed by atoms with Crippen LogP contribution in [0.15, 0.2) is 30.3 Å². The van der Waals surface area contributed by atoms with Crippen molar-refractivity contribution in [3.63, 3.8) is 0 Å². The molecular formula is C16H21N3O2. The highest BCUT2D eigenvalue weighted by Gasteiger charge is 2.05. The van der Waals surface area contributed by atoms with Gasteiger partial charge in [-0.1, -0.05) is 24.3 Å². The van der Waals surface area contributed by atoms with Gasteiger partial charge in [-0.15, -0.1) is 0 Å². The molecule has 0 unspecified atom stereocenters. The van der Waals surface area contributed by atoms with Gasteiger partial charge in [0, 0.05) is 24.9 Å². The molecule has 0 atom stereocenters. The van der Waals surface area contributed by atoms with Crippen molar-refractivity contribution in [1.82, 2.24) is 9.97 Å². The highest BCUT2D eigenvalue weighted by Crippen LogP contribution is 2.14. The molecule has 0 aliphatic heterocycles. The number of methoxy groups -OCH3 is 1. The van der Waals surface area contributed by atoms with Gasteiger partial charge in [0.1, 0.15) is 0 Å². The Balaban J connectivity index is 2.07. The van der Waals surface area contributed by atoms with E-state index in [1.807, 2.05) is 26.0 Å². The monoisotopic (exact) mass is 287 g/mol. The lowest BCUT2D eigenvalue weighted by Gasteiger charge is -2.11. The summed E-state index contributed by atoms with van der Waals surface area (Å²) in [6.45, 7) is 5.88. The summed E-state index contributed by atoms with van der Waals surface area (Å²) in [6.07, 6.45) is 0. The maximum absolute atomic E-state index is 5.49. The summed E-state index contributed by atoms with van der Waals surface area (Å²) in [7, 11) is 1.60. The molecule has 112 valence electrons. The van der Waals surface area contributed by atoms with Crippen LogP contribution in [0, 0.1) is 6.92 Å².